The minimum atomic E-state index is -0.573. The number of benzene rings is 3. The van der Waals surface area contributed by atoms with Crippen molar-refractivity contribution in [2.24, 2.45) is 5.73 Å². The first kappa shape index (κ1) is 21.8. The van der Waals surface area contributed by atoms with Crippen LogP contribution in [0.1, 0.15) is 21.5 Å². The molecule has 2 amide bonds. The zero-order valence-electron chi connectivity index (χ0n) is 18.4. The topological polar surface area (TPSA) is 99.2 Å². The van der Waals surface area contributed by atoms with Crippen molar-refractivity contribution in [3.05, 3.63) is 95.7 Å². The molecule has 0 saturated carbocycles. The van der Waals surface area contributed by atoms with Crippen molar-refractivity contribution < 1.29 is 14.3 Å². The van der Waals surface area contributed by atoms with E-state index >= 15 is 0 Å². The fourth-order valence-electron chi connectivity index (χ4n) is 3.37. The summed E-state index contributed by atoms with van der Waals surface area (Å²) in [7, 11) is 0. The summed E-state index contributed by atoms with van der Waals surface area (Å²) in [4.78, 5) is 24.3. The maximum absolute atomic E-state index is 13.3. The number of nitrogens with one attached hydrogen (secondary N) is 1. The second kappa shape index (κ2) is 9.40. The molecule has 3 N–H and O–H groups in total. The maximum Gasteiger partial charge on any atom is 0.259 e. The van der Waals surface area contributed by atoms with Crippen LogP contribution in [0.4, 0.5) is 5.69 Å². The first-order chi connectivity index (χ1) is 15.9. The quantitative estimate of drug-likeness (QED) is 0.448. The number of hydrogen-bond donors (Lipinski definition) is 2. The van der Waals surface area contributed by atoms with Crippen molar-refractivity contribution in [2.45, 2.75) is 13.8 Å². The highest BCUT2D eigenvalue weighted by molar-refractivity contribution is 6.08. The number of nitrogens with zero attached hydrogens (tertiary/aromatic N) is 2. The van der Waals surface area contributed by atoms with Crippen LogP contribution in [0.15, 0.2) is 79.0 Å². The van der Waals surface area contributed by atoms with Gasteiger partial charge in [0.2, 0.25) is 0 Å². The van der Waals surface area contributed by atoms with Gasteiger partial charge in [-0.25, -0.2) is 4.68 Å². The first-order valence-electron chi connectivity index (χ1n) is 10.5. The van der Waals surface area contributed by atoms with E-state index in [1.165, 1.54) is 5.56 Å². The van der Waals surface area contributed by atoms with E-state index in [0.29, 0.717) is 22.7 Å². The van der Waals surface area contributed by atoms with Crippen LogP contribution in [0.3, 0.4) is 0 Å². The van der Waals surface area contributed by atoms with Crippen molar-refractivity contribution in [1.82, 2.24) is 9.78 Å². The Labute approximate surface area is 191 Å². The van der Waals surface area contributed by atoms with Gasteiger partial charge in [-0.15, -0.1) is 0 Å². The van der Waals surface area contributed by atoms with Crippen LogP contribution in [0, 0.1) is 13.8 Å². The molecule has 3 aromatic carbocycles. The summed E-state index contributed by atoms with van der Waals surface area (Å²) in [5.41, 5.74) is 10.7. The Bertz CT molecular complexity index is 1310. The Hall–Kier alpha value is -4.39. The Morgan fingerprint density at radius 3 is 2.48 bits per heavy atom. The number of anilines is 1. The van der Waals surface area contributed by atoms with Crippen molar-refractivity contribution in [3.8, 4) is 22.7 Å². The van der Waals surface area contributed by atoms with Gasteiger partial charge in [0.05, 0.1) is 11.3 Å². The van der Waals surface area contributed by atoms with Gasteiger partial charge in [-0.3, -0.25) is 9.59 Å². The van der Waals surface area contributed by atoms with Crippen molar-refractivity contribution in [2.75, 3.05) is 11.9 Å². The van der Waals surface area contributed by atoms with Gasteiger partial charge in [0.25, 0.3) is 11.8 Å². The number of rotatable bonds is 7. The van der Waals surface area contributed by atoms with Gasteiger partial charge in [0, 0.05) is 23.5 Å². The number of para-hydroxylation sites is 1. The van der Waals surface area contributed by atoms with E-state index in [-0.39, 0.29) is 12.5 Å². The molecule has 1 aromatic heterocycles. The molecule has 0 aliphatic rings. The molecule has 0 unspecified atom stereocenters. The summed E-state index contributed by atoms with van der Waals surface area (Å²) >= 11 is 0. The van der Waals surface area contributed by atoms with Crippen LogP contribution in [0.5, 0.6) is 5.75 Å². The minimum Gasteiger partial charge on any atom is -0.484 e. The van der Waals surface area contributed by atoms with Gasteiger partial charge in [0.1, 0.15) is 11.4 Å². The van der Waals surface area contributed by atoms with Gasteiger partial charge in [-0.2, -0.15) is 5.10 Å². The normalized spacial score (nSPS) is 10.6. The summed E-state index contributed by atoms with van der Waals surface area (Å²) in [6.45, 7) is 3.84. The Morgan fingerprint density at radius 2 is 1.76 bits per heavy atom. The second-order valence-corrected chi connectivity index (χ2v) is 7.71. The maximum atomic E-state index is 13.3. The number of hydrogen-bond acceptors (Lipinski definition) is 4. The third-order valence-corrected chi connectivity index (χ3v) is 5.23. The molecule has 0 bridgehead atoms. The van der Waals surface area contributed by atoms with E-state index in [9.17, 15) is 9.59 Å². The fraction of sp³-hybridized carbons (Fsp3) is 0.115. The highest BCUT2D eigenvalue weighted by Gasteiger charge is 2.19. The Kier molecular flexibility index (Phi) is 6.22. The Balaban J connectivity index is 1.69. The van der Waals surface area contributed by atoms with Gasteiger partial charge < -0.3 is 15.8 Å². The average molecular weight is 441 g/mol. The molecule has 0 radical (unpaired) electrons. The van der Waals surface area contributed by atoms with Crippen molar-refractivity contribution in [1.29, 1.82) is 0 Å². The number of carbonyl (C=O) groups is 2. The molecule has 4 rings (SSSR count). The predicted molar refractivity (Wildman–Crippen MR) is 128 cm³/mol. The lowest BCUT2D eigenvalue weighted by Gasteiger charge is -2.09. The van der Waals surface area contributed by atoms with E-state index in [1.54, 1.807) is 35.1 Å². The molecule has 7 nitrogen and oxygen atoms in total. The lowest BCUT2D eigenvalue weighted by atomic mass is 10.0. The third kappa shape index (κ3) is 5.10. The van der Waals surface area contributed by atoms with Crippen LogP contribution in [-0.2, 0) is 4.79 Å². The highest BCUT2D eigenvalue weighted by atomic mass is 16.5. The van der Waals surface area contributed by atoms with Crippen LogP contribution in [0.25, 0.3) is 16.9 Å². The summed E-state index contributed by atoms with van der Waals surface area (Å²) in [6, 6.07) is 22.4. The lowest BCUT2D eigenvalue weighted by Crippen LogP contribution is -2.20. The second-order valence-electron chi connectivity index (χ2n) is 7.71. The third-order valence-electron chi connectivity index (χ3n) is 5.23. The van der Waals surface area contributed by atoms with E-state index in [1.807, 2.05) is 62.4 Å². The van der Waals surface area contributed by atoms with E-state index in [4.69, 9.17) is 15.6 Å². The number of amides is 2. The molecule has 33 heavy (non-hydrogen) atoms. The molecular weight excluding hydrogens is 416 g/mol. The number of nitrogens with two attached hydrogens (primary N) is 1. The van der Waals surface area contributed by atoms with Gasteiger partial charge in [-0.05, 0) is 55.3 Å². The van der Waals surface area contributed by atoms with E-state index < -0.39 is 5.91 Å². The summed E-state index contributed by atoms with van der Waals surface area (Å²) < 4.78 is 7.03. The van der Waals surface area contributed by atoms with E-state index in [0.717, 1.165) is 16.8 Å². The molecule has 1 heterocycles. The Morgan fingerprint density at radius 1 is 0.970 bits per heavy atom. The summed E-state index contributed by atoms with van der Waals surface area (Å²) in [5.74, 6) is -0.450. The highest BCUT2D eigenvalue weighted by Crippen LogP contribution is 2.27. The largest absolute Gasteiger partial charge is 0.484 e. The number of ether oxygens (including phenoxy) is 1. The molecule has 166 valence electrons. The number of aryl methyl sites for hydroxylation is 2. The molecule has 0 fully saturated rings. The van der Waals surface area contributed by atoms with E-state index in [2.05, 4.69) is 5.32 Å². The number of primary amides is 1. The lowest BCUT2D eigenvalue weighted by molar-refractivity contribution is -0.119. The predicted octanol–water partition coefficient (Wildman–Crippen LogP) is 4.27. The molecule has 7 heteroatoms. The van der Waals surface area contributed by atoms with Crippen molar-refractivity contribution in [3.63, 3.8) is 0 Å². The zero-order valence-corrected chi connectivity index (χ0v) is 18.4. The summed E-state index contributed by atoms with van der Waals surface area (Å²) in [6.07, 6.45) is 1.72. The molecule has 0 aliphatic carbocycles. The molecule has 0 saturated heterocycles. The monoisotopic (exact) mass is 440 g/mol. The van der Waals surface area contributed by atoms with Crippen molar-refractivity contribution >= 4 is 17.5 Å². The first-order valence-corrected chi connectivity index (χ1v) is 10.5. The molecule has 0 atom stereocenters. The zero-order chi connectivity index (χ0) is 23.4. The minimum absolute atomic E-state index is 0.238. The molecular formula is C26H24N4O3. The summed E-state index contributed by atoms with van der Waals surface area (Å²) in [5, 5.41) is 7.63. The van der Waals surface area contributed by atoms with Crippen LogP contribution < -0.4 is 15.8 Å². The molecule has 0 spiro atoms. The van der Waals surface area contributed by atoms with Crippen LogP contribution in [0.2, 0.25) is 0 Å². The molecule has 0 aliphatic heterocycles. The fourth-order valence-corrected chi connectivity index (χ4v) is 3.37. The standard InChI is InChI=1S/C26H24N4O3/c1-17-11-12-19(13-18(17)2)25-23(15-30(29-25)21-8-4-3-5-9-21)26(32)28-20-7-6-10-22(14-20)33-16-24(27)31/h3-15H,16H2,1-2H3,(H2,27,31)(H,28,32). The smallest absolute Gasteiger partial charge is 0.259 e. The number of carbonyl (C=O) groups excluding carboxylic acids is 2. The van der Waals surface area contributed by atoms with Gasteiger partial charge >= 0.3 is 0 Å². The SMILES string of the molecule is Cc1ccc(-c2nn(-c3ccccc3)cc2C(=O)Nc2cccc(OCC(N)=O)c2)cc1C. The van der Waals surface area contributed by atoms with Gasteiger partial charge in [-0.1, -0.05) is 36.4 Å². The average Bonchev–Trinajstić information content (AvgIpc) is 3.26. The van der Waals surface area contributed by atoms with Crippen LogP contribution in [-0.4, -0.2) is 28.2 Å². The number of aromatic nitrogens is 2. The molecule has 4 aromatic rings. The van der Waals surface area contributed by atoms with Gasteiger partial charge in [0.15, 0.2) is 6.61 Å². The van der Waals surface area contributed by atoms with Crippen LogP contribution >= 0.6 is 0 Å².